The lowest BCUT2D eigenvalue weighted by atomic mass is 10.0. The molecule has 0 aliphatic carbocycles. The van der Waals surface area contributed by atoms with E-state index in [-0.39, 0.29) is 0 Å². The van der Waals surface area contributed by atoms with Gasteiger partial charge >= 0.3 is 0 Å². The zero-order valence-electron chi connectivity index (χ0n) is 11.0. The van der Waals surface area contributed by atoms with E-state index in [2.05, 4.69) is 61.0 Å². The fourth-order valence-electron chi connectivity index (χ4n) is 1.94. The van der Waals surface area contributed by atoms with Crippen LogP contribution in [0.4, 0.5) is 0 Å². The summed E-state index contributed by atoms with van der Waals surface area (Å²) in [5.41, 5.74) is 5.03. The highest BCUT2D eigenvalue weighted by Gasteiger charge is 2.04. The lowest BCUT2D eigenvalue weighted by Crippen LogP contribution is -2.00. The van der Waals surface area contributed by atoms with Gasteiger partial charge in [-0.25, -0.2) is 0 Å². The van der Waals surface area contributed by atoms with E-state index >= 15 is 0 Å². The zero-order chi connectivity index (χ0) is 13.1. The van der Waals surface area contributed by atoms with Crippen molar-refractivity contribution in [1.29, 1.82) is 0 Å². The number of halogens is 1. The fourth-order valence-corrected chi connectivity index (χ4v) is 2.19. The van der Waals surface area contributed by atoms with Crippen LogP contribution < -0.4 is 4.74 Å². The van der Waals surface area contributed by atoms with E-state index in [0.29, 0.717) is 6.61 Å². The second kappa shape index (κ2) is 5.57. The Hall–Kier alpha value is -1.28. The Bertz CT molecular complexity index is 541. The maximum Gasteiger partial charge on any atom is 0.120 e. The van der Waals surface area contributed by atoms with Crippen molar-refractivity contribution in [3.05, 3.63) is 63.1 Å². The number of rotatable bonds is 3. The largest absolute Gasteiger partial charge is 0.489 e. The third-order valence-electron chi connectivity index (χ3n) is 3.16. The van der Waals surface area contributed by atoms with Gasteiger partial charge < -0.3 is 4.74 Å². The maximum absolute atomic E-state index is 5.87. The van der Waals surface area contributed by atoms with Crippen molar-refractivity contribution < 1.29 is 4.74 Å². The van der Waals surface area contributed by atoms with Gasteiger partial charge in [-0.05, 0) is 61.2 Å². The number of hydrogen-bond acceptors (Lipinski definition) is 1. The molecule has 18 heavy (non-hydrogen) atoms. The Kier molecular flexibility index (Phi) is 4.07. The molecule has 94 valence electrons. The topological polar surface area (TPSA) is 9.23 Å². The van der Waals surface area contributed by atoms with Crippen molar-refractivity contribution in [2.24, 2.45) is 0 Å². The normalized spacial score (nSPS) is 10.4. The van der Waals surface area contributed by atoms with E-state index in [4.69, 9.17) is 4.74 Å². The standard InChI is InChI=1S/C16H17BrO/c1-11-5-4-6-12(2)15(11)10-18-14-7-8-16(17)13(3)9-14/h4-9H,10H2,1-3H3. The maximum atomic E-state index is 5.87. The van der Waals surface area contributed by atoms with E-state index in [0.717, 1.165) is 10.2 Å². The van der Waals surface area contributed by atoms with Crippen LogP contribution in [0.1, 0.15) is 22.3 Å². The molecule has 1 nitrogen and oxygen atoms in total. The van der Waals surface area contributed by atoms with Crippen LogP contribution in [0.25, 0.3) is 0 Å². The van der Waals surface area contributed by atoms with Gasteiger partial charge in [0.25, 0.3) is 0 Å². The Morgan fingerprint density at radius 1 is 0.944 bits per heavy atom. The van der Waals surface area contributed by atoms with Crippen LogP contribution in [0.15, 0.2) is 40.9 Å². The van der Waals surface area contributed by atoms with Crippen molar-refractivity contribution in [2.45, 2.75) is 27.4 Å². The number of hydrogen-bond donors (Lipinski definition) is 0. The summed E-state index contributed by atoms with van der Waals surface area (Å²) in [6.07, 6.45) is 0. The Balaban J connectivity index is 2.14. The van der Waals surface area contributed by atoms with Gasteiger partial charge in [-0.3, -0.25) is 0 Å². The van der Waals surface area contributed by atoms with Crippen LogP contribution in [-0.2, 0) is 6.61 Å². The van der Waals surface area contributed by atoms with Crippen LogP contribution in [0, 0.1) is 20.8 Å². The average molecular weight is 305 g/mol. The number of aryl methyl sites for hydroxylation is 3. The molecule has 0 atom stereocenters. The van der Waals surface area contributed by atoms with Gasteiger partial charge in [0.1, 0.15) is 12.4 Å². The molecule has 0 N–H and O–H groups in total. The van der Waals surface area contributed by atoms with Gasteiger partial charge in [0.15, 0.2) is 0 Å². The number of benzene rings is 2. The molecule has 2 aromatic rings. The minimum Gasteiger partial charge on any atom is -0.489 e. The van der Waals surface area contributed by atoms with Gasteiger partial charge in [0.2, 0.25) is 0 Å². The third kappa shape index (κ3) is 2.94. The monoisotopic (exact) mass is 304 g/mol. The highest BCUT2D eigenvalue weighted by molar-refractivity contribution is 9.10. The Labute approximate surface area is 117 Å². The first-order chi connectivity index (χ1) is 8.58. The zero-order valence-corrected chi connectivity index (χ0v) is 12.5. The van der Waals surface area contributed by atoms with Gasteiger partial charge in [-0.15, -0.1) is 0 Å². The lowest BCUT2D eigenvalue weighted by Gasteiger charge is -2.12. The summed E-state index contributed by atoms with van der Waals surface area (Å²) in [7, 11) is 0. The summed E-state index contributed by atoms with van der Waals surface area (Å²) >= 11 is 3.49. The van der Waals surface area contributed by atoms with Crippen LogP contribution in [0.5, 0.6) is 5.75 Å². The SMILES string of the molecule is Cc1cc(OCc2c(C)cccc2C)ccc1Br. The first-order valence-electron chi connectivity index (χ1n) is 6.02. The van der Waals surface area contributed by atoms with Gasteiger partial charge in [0.05, 0.1) is 0 Å². The van der Waals surface area contributed by atoms with Gasteiger partial charge in [0, 0.05) is 4.47 Å². The van der Waals surface area contributed by atoms with Crippen molar-refractivity contribution in [1.82, 2.24) is 0 Å². The predicted octanol–water partition coefficient (Wildman–Crippen LogP) is 4.95. The first kappa shape index (κ1) is 13.2. The molecule has 0 saturated carbocycles. The summed E-state index contributed by atoms with van der Waals surface area (Å²) in [6, 6.07) is 12.4. The second-order valence-electron chi connectivity index (χ2n) is 4.57. The molecule has 2 aromatic carbocycles. The molecule has 0 fully saturated rings. The van der Waals surface area contributed by atoms with Crippen molar-refractivity contribution in [3.63, 3.8) is 0 Å². The second-order valence-corrected chi connectivity index (χ2v) is 5.42. The van der Waals surface area contributed by atoms with Crippen molar-refractivity contribution in [2.75, 3.05) is 0 Å². The summed E-state index contributed by atoms with van der Waals surface area (Å²) in [5.74, 6) is 0.915. The molecule has 0 amide bonds. The first-order valence-corrected chi connectivity index (χ1v) is 6.81. The Morgan fingerprint density at radius 3 is 2.22 bits per heavy atom. The smallest absolute Gasteiger partial charge is 0.120 e. The molecule has 0 aliphatic rings. The molecule has 0 bridgehead atoms. The molecular formula is C16H17BrO. The highest BCUT2D eigenvalue weighted by Crippen LogP contribution is 2.23. The van der Waals surface area contributed by atoms with E-state index in [1.807, 2.05) is 12.1 Å². The molecule has 0 aliphatic heterocycles. The van der Waals surface area contributed by atoms with E-state index in [9.17, 15) is 0 Å². The quantitative estimate of drug-likeness (QED) is 0.779. The number of ether oxygens (including phenoxy) is 1. The van der Waals surface area contributed by atoms with Crippen molar-refractivity contribution in [3.8, 4) is 5.75 Å². The molecular weight excluding hydrogens is 288 g/mol. The fraction of sp³-hybridized carbons (Fsp3) is 0.250. The van der Waals surface area contributed by atoms with Crippen LogP contribution in [-0.4, -0.2) is 0 Å². The van der Waals surface area contributed by atoms with Gasteiger partial charge in [-0.1, -0.05) is 34.1 Å². The summed E-state index contributed by atoms with van der Waals surface area (Å²) in [4.78, 5) is 0. The average Bonchev–Trinajstić information content (AvgIpc) is 2.33. The molecule has 0 radical (unpaired) electrons. The summed E-state index contributed by atoms with van der Waals surface area (Å²) in [5, 5.41) is 0. The molecule has 0 aromatic heterocycles. The van der Waals surface area contributed by atoms with Crippen molar-refractivity contribution >= 4 is 15.9 Å². The van der Waals surface area contributed by atoms with Crippen LogP contribution >= 0.6 is 15.9 Å². The predicted molar refractivity (Wildman–Crippen MR) is 79.1 cm³/mol. The Morgan fingerprint density at radius 2 is 1.61 bits per heavy atom. The lowest BCUT2D eigenvalue weighted by molar-refractivity contribution is 0.304. The van der Waals surface area contributed by atoms with E-state index in [1.165, 1.54) is 22.3 Å². The van der Waals surface area contributed by atoms with Crippen LogP contribution in [0.2, 0.25) is 0 Å². The highest BCUT2D eigenvalue weighted by atomic mass is 79.9. The van der Waals surface area contributed by atoms with Gasteiger partial charge in [-0.2, -0.15) is 0 Å². The summed E-state index contributed by atoms with van der Waals surface area (Å²) in [6.45, 7) is 6.94. The third-order valence-corrected chi connectivity index (χ3v) is 4.05. The molecule has 2 heteroatoms. The molecule has 0 spiro atoms. The van der Waals surface area contributed by atoms with E-state index in [1.54, 1.807) is 0 Å². The minimum absolute atomic E-state index is 0.625. The minimum atomic E-state index is 0.625. The molecule has 2 rings (SSSR count). The molecule has 0 unspecified atom stereocenters. The van der Waals surface area contributed by atoms with Crippen LogP contribution in [0.3, 0.4) is 0 Å². The molecule has 0 saturated heterocycles. The van der Waals surface area contributed by atoms with E-state index < -0.39 is 0 Å². The summed E-state index contributed by atoms with van der Waals surface area (Å²) < 4.78 is 6.98. The molecule has 0 heterocycles.